The first-order valence-corrected chi connectivity index (χ1v) is 4.77. The molecule has 0 radical (unpaired) electrons. The van der Waals surface area contributed by atoms with Crippen LogP contribution in [0.1, 0.15) is 5.69 Å². The minimum absolute atomic E-state index is 0.704. The number of pyridine rings is 1. The lowest BCUT2D eigenvalue weighted by atomic mass is 10.2. The van der Waals surface area contributed by atoms with Gasteiger partial charge in [-0.25, -0.2) is 4.98 Å². The summed E-state index contributed by atoms with van der Waals surface area (Å²) in [7, 11) is 0. The number of hydrogen-bond acceptors (Lipinski definition) is 4. The highest BCUT2D eigenvalue weighted by molar-refractivity contribution is 7.13. The first-order chi connectivity index (χ1) is 6.29. The minimum Gasteiger partial charge on any atom is -0.397 e. The standard InChI is InChI=1S/C9H9N3S/c1-6-9(13-5-12-6)7-2-3-11-4-8(7)10/h2-5H,10H2,1H3. The summed E-state index contributed by atoms with van der Waals surface area (Å²) < 4.78 is 0. The van der Waals surface area contributed by atoms with Gasteiger partial charge in [0, 0.05) is 11.8 Å². The maximum atomic E-state index is 5.80. The second-order valence-corrected chi connectivity index (χ2v) is 3.58. The first kappa shape index (κ1) is 8.19. The van der Waals surface area contributed by atoms with Crippen LogP contribution in [0.3, 0.4) is 0 Å². The van der Waals surface area contributed by atoms with Gasteiger partial charge in [-0.3, -0.25) is 4.98 Å². The van der Waals surface area contributed by atoms with Crippen LogP contribution in [-0.4, -0.2) is 9.97 Å². The summed E-state index contributed by atoms with van der Waals surface area (Å²) in [6.45, 7) is 1.98. The molecule has 0 aliphatic rings. The first-order valence-electron chi connectivity index (χ1n) is 3.89. The molecule has 0 aliphatic carbocycles. The van der Waals surface area contributed by atoms with E-state index in [0.29, 0.717) is 5.69 Å². The van der Waals surface area contributed by atoms with E-state index in [2.05, 4.69) is 9.97 Å². The van der Waals surface area contributed by atoms with Gasteiger partial charge in [-0.2, -0.15) is 0 Å². The smallest absolute Gasteiger partial charge is 0.0801 e. The monoisotopic (exact) mass is 191 g/mol. The zero-order chi connectivity index (χ0) is 9.26. The van der Waals surface area contributed by atoms with E-state index in [1.165, 1.54) is 0 Å². The Morgan fingerprint density at radius 2 is 2.31 bits per heavy atom. The number of aryl methyl sites for hydroxylation is 1. The molecule has 0 spiro atoms. The van der Waals surface area contributed by atoms with Crippen molar-refractivity contribution in [1.82, 2.24) is 9.97 Å². The van der Waals surface area contributed by atoms with Crippen molar-refractivity contribution < 1.29 is 0 Å². The van der Waals surface area contributed by atoms with Crippen molar-refractivity contribution in [3.63, 3.8) is 0 Å². The molecule has 0 fully saturated rings. The zero-order valence-corrected chi connectivity index (χ0v) is 8.01. The lowest BCUT2D eigenvalue weighted by Gasteiger charge is -2.01. The Balaban J connectivity index is 2.59. The van der Waals surface area contributed by atoms with Gasteiger partial charge in [-0.1, -0.05) is 0 Å². The van der Waals surface area contributed by atoms with Gasteiger partial charge in [-0.05, 0) is 13.0 Å². The van der Waals surface area contributed by atoms with E-state index in [1.807, 2.05) is 18.5 Å². The Kier molecular flexibility index (Phi) is 1.98. The molecule has 0 saturated carbocycles. The van der Waals surface area contributed by atoms with Gasteiger partial charge >= 0.3 is 0 Å². The Labute approximate surface area is 80.3 Å². The highest BCUT2D eigenvalue weighted by Crippen LogP contribution is 2.30. The summed E-state index contributed by atoms with van der Waals surface area (Å²) in [5.41, 5.74) is 10.4. The van der Waals surface area contributed by atoms with Crippen LogP contribution < -0.4 is 5.73 Å². The molecule has 0 aliphatic heterocycles. The van der Waals surface area contributed by atoms with Gasteiger partial charge in [0.2, 0.25) is 0 Å². The van der Waals surface area contributed by atoms with Crippen LogP contribution in [0.15, 0.2) is 24.0 Å². The highest BCUT2D eigenvalue weighted by Gasteiger charge is 2.06. The Bertz CT molecular complexity index is 422. The molecular formula is C9H9N3S. The molecule has 2 aromatic heterocycles. The van der Waals surface area contributed by atoms with Crippen molar-refractivity contribution in [2.45, 2.75) is 6.92 Å². The van der Waals surface area contributed by atoms with E-state index in [4.69, 9.17) is 5.73 Å². The molecule has 2 aromatic rings. The minimum atomic E-state index is 0.704. The van der Waals surface area contributed by atoms with E-state index in [1.54, 1.807) is 23.7 Å². The molecule has 0 bridgehead atoms. The summed E-state index contributed by atoms with van der Waals surface area (Å²) >= 11 is 1.60. The van der Waals surface area contributed by atoms with Crippen molar-refractivity contribution >= 4 is 17.0 Å². The van der Waals surface area contributed by atoms with Gasteiger partial charge in [0.25, 0.3) is 0 Å². The molecule has 66 valence electrons. The summed E-state index contributed by atoms with van der Waals surface area (Å²) in [5, 5.41) is 0. The van der Waals surface area contributed by atoms with Gasteiger partial charge < -0.3 is 5.73 Å². The average Bonchev–Trinajstić information content (AvgIpc) is 2.52. The van der Waals surface area contributed by atoms with Gasteiger partial charge in [0.1, 0.15) is 0 Å². The van der Waals surface area contributed by atoms with Crippen LogP contribution in [0, 0.1) is 6.92 Å². The largest absolute Gasteiger partial charge is 0.397 e. The van der Waals surface area contributed by atoms with Crippen LogP contribution >= 0.6 is 11.3 Å². The van der Waals surface area contributed by atoms with E-state index in [0.717, 1.165) is 16.1 Å². The molecular weight excluding hydrogens is 182 g/mol. The number of anilines is 1. The lowest BCUT2D eigenvalue weighted by molar-refractivity contribution is 1.26. The third-order valence-electron chi connectivity index (χ3n) is 1.84. The number of nitrogens with zero attached hydrogens (tertiary/aromatic N) is 2. The Morgan fingerprint density at radius 1 is 1.46 bits per heavy atom. The summed E-state index contributed by atoms with van der Waals surface area (Å²) in [4.78, 5) is 9.25. The van der Waals surface area contributed by atoms with Crippen molar-refractivity contribution in [1.29, 1.82) is 0 Å². The second kappa shape index (κ2) is 3.14. The molecule has 3 nitrogen and oxygen atoms in total. The molecule has 2 N–H and O–H groups in total. The summed E-state index contributed by atoms with van der Waals surface area (Å²) in [5.74, 6) is 0. The Hall–Kier alpha value is -1.42. The molecule has 2 heterocycles. The number of nitrogens with two attached hydrogens (primary N) is 1. The molecule has 4 heteroatoms. The van der Waals surface area contributed by atoms with Gasteiger partial charge in [0.15, 0.2) is 0 Å². The van der Waals surface area contributed by atoms with Gasteiger partial charge in [-0.15, -0.1) is 11.3 Å². The fourth-order valence-electron chi connectivity index (χ4n) is 1.17. The van der Waals surface area contributed by atoms with E-state index >= 15 is 0 Å². The SMILES string of the molecule is Cc1ncsc1-c1ccncc1N. The number of aromatic nitrogens is 2. The highest BCUT2D eigenvalue weighted by atomic mass is 32.1. The molecule has 0 amide bonds. The summed E-state index contributed by atoms with van der Waals surface area (Å²) in [6.07, 6.45) is 3.40. The predicted molar refractivity (Wildman–Crippen MR) is 54.5 cm³/mol. The van der Waals surface area contributed by atoms with E-state index in [-0.39, 0.29) is 0 Å². The maximum Gasteiger partial charge on any atom is 0.0801 e. The second-order valence-electron chi connectivity index (χ2n) is 2.73. The van der Waals surface area contributed by atoms with Crippen molar-refractivity contribution in [2.24, 2.45) is 0 Å². The van der Waals surface area contributed by atoms with Crippen LogP contribution in [0.5, 0.6) is 0 Å². The quantitative estimate of drug-likeness (QED) is 0.751. The Morgan fingerprint density at radius 3 is 2.92 bits per heavy atom. The van der Waals surface area contributed by atoms with E-state index in [9.17, 15) is 0 Å². The number of hydrogen-bond donors (Lipinski definition) is 1. The zero-order valence-electron chi connectivity index (χ0n) is 7.19. The van der Waals surface area contributed by atoms with Crippen LogP contribution in [0.2, 0.25) is 0 Å². The van der Waals surface area contributed by atoms with Crippen molar-refractivity contribution in [2.75, 3.05) is 5.73 Å². The van der Waals surface area contributed by atoms with Crippen LogP contribution in [-0.2, 0) is 0 Å². The normalized spacial score (nSPS) is 10.2. The van der Waals surface area contributed by atoms with Gasteiger partial charge in [0.05, 0.1) is 28.0 Å². The number of nitrogen functional groups attached to an aromatic ring is 1. The molecule has 0 atom stereocenters. The molecule has 0 aromatic carbocycles. The summed E-state index contributed by atoms with van der Waals surface area (Å²) in [6, 6.07) is 1.91. The average molecular weight is 191 g/mol. The molecule has 0 unspecified atom stereocenters. The lowest BCUT2D eigenvalue weighted by Crippen LogP contribution is -1.90. The van der Waals surface area contributed by atoms with Crippen molar-refractivity contribution in [3.8, 4) is 10.4 Å². The predicted octanol–water partition coefficient (Wildman–Crippen LogP) is 2.10. The molecule has 0 saturated heterocycles. The third kappa shape index (κ3) is 1.40. The van der Waals surface area contributed by atoms with Crippen LogP contribution in [0.25, 0.3) is 10.4 Å². The third-order valence-corrected chi connectivity index (χ3v) is 2.80. The van der Waals surface area contributed by atoms with Crippen molar-refractivity contribution in [3.05, 3.63) is 29.7 Å². The molecule has 13 heavy (non-hydrogen) atoms. The fraction of sp³-hybridized carbons (Fsp3) is 0.111. The maximum absolute atomic E-state index is 5.80. The van der Waals surface area contributed by atoms with E-state index < -0.39 is 0 Å². The molecule has 2 rings (SSSR count). The van der Waals surface area contributed by atoms with Crippen LogP contribution in [0.4, 0.5) is 5.69 Å². The topological polar surface area (TPSA) is 51.8 Å². The number of rotatable bonds is 1. The fourth-order valence-corrected chi connectivity index (χ4v) is 2.03. The number of thiazole rings is 1.